The fourth-order valence-electron chi connectivity index (χ4n) is 2.86. The number of amides is 2. The molecule has 0 spiro atoms. The molecular weight excluding hydrogens is 368 g/mol. The summed E-state index contributed by atoms with van der Waals surface area (Å²) in [5, 5.41) is 2.27. The number of carbonyl (C=O) groups excluding carboxylic acids is 2. The Hall–Kier alpha value is -2.23. The predicted octanol–water partition coefficient (Wildman–Crippen LogP) is 2.20. The number of ether oxygens (including phenoxy) is 2. The van der Waals surface area contributed by atoms with E-state index in [9.17, 15) is 18.4 Å². The van der Waals surface area contributed by atoms with Gasteiger partial charge in [0.2, 0.25) is 0 Å². The minimum atomic E-state index is -0.739. The first kappa shape index (κ1) is 18.6. The molecule has 2 saturated heterocycles. The Morgan fingerprint density at radius 1 is 1.35 bits per heavy atom. The number of alkyl carbamates (subject to hydrolysis) is 1. The SMILES string of the molecule is CNC(=O)OC[C@H]1CN(c2cc(F)c(N3CCSCC3)c(F)c2)C(=O)O1. The molecule has 1 aromatic carbocycles. The molecular formula is C16H19F2N3O4S. The van der Waals surface area contributed by atoms with E-state index in [1.165, 1.54) is 7.05 Å². The van der Waals surface area contributed by atoms with Crippen molar-refractivity contribution < 1.29 is 27.8 Å². The smallest absolute Gasteiger partial charge is 0.414 e. The lowest BCUT2D eigenvalue weighted by molar-refractivity contribution is 0.0745. The maximum absolute atomic E-state index is 14.5. The highest BCUT2D eigenvalue weighted by atomic mass is 32.2. The normalized spacial score (nSPS) is 20.1. The number of carbonyl (C=O) groups is 2. The molecule has 0 bridgehead atoms. The van der Waals surface area contributed by atoms with Crippen LogP contribution in [0.5, 0.6) is 0 Å². The fourth-order valence-corrected chi connectivity index (χ4v) is 3.76. The Morgan fingerprint density at radius 3 is 2.62 bits per heavy atom. The summed E-state index contributed by atoms with van der Waals surface area (Å²) in [7, 11) is 1.41. The van der Waals surface area contributed by atoms with Gasteiger partial charge in [-0.2, -0.15) is 11.8 Å². The van der Waals surface area contributed by atoms with E-state index in [0.717, 1.165) is 28.5 Å². The predicted molar refractivity (Wildman–Crippen MR) is 93.9 cm³/mol. The minimum Gasteiger partial charge on any atom is -0.446 e. The van der Waals surface area contributed by atoms with Crippen molar-refractivity contribution in [1.82, 2.24) is 5.32 Å². The van der Waals surface area contributed by atoms with Crippen molar-refractivity contribution in [3.8, 4) is 0 Å². The van der Waals surface area contributed by atoms with Crippen LogP contribution >= 0.6 is 11.8 Å². The van der Waals surface area contributed by atoms with Gasteiger partial charge < -0.3 is 19.7 Å². The number of hydrogen-bond acceptors (Lipinski definition) is 6. The third kappa shape index (κ3) is 3.95. The molecule has 7 nitrogen and oxygen atoms in total. The van der Waals surface area contributed by atoms with Gasteiger partial charge in [-0.3, -0.25) is 4.90 Å². The molecule has 26 heavy (non-hydrogen) atoms. The molecule has 1 N–H and O–H groups in total. The van der Waals surface area contributed by atoms with Crippen LogP contribution in [0.3, 0.4) is 0 Å². The third-order valence-corrected chi connectivity index (χ3v) is 5.06. The molecule has 0 aliphatic carbocycles. The molecule has 2 aliphatic heterocycles. The van der Waals surface area contributed by atoms with Crippen LogP contribution in [-0.4, -0.2) is 63.1 Å². The number of rotatable bonds is 4. The van der Waals surface area contributed by atoms with E-state index in [1.807, 2.05) is 0 Å². The molecule has 2 fully saturated rings. The number of thioether (sulfide) groups is 1. The van der Waals surface area contributed by atoms with Crippen LogP contribution in [0, 0.1) is 11.6 Å². The lowest BCUT2D eigenvalue weighted by atomic mass is 10.2. The van der Waals surface area contributed by atoms with E-state index < -0.39 is 29.9 Å². The summed E-state index contributed by atoms with van der Waals surface area (Å²) in [5.74, 6) is 0.188. The summed E-state index contributed by atoms with van der Waals surface area (Å²) < 4.78 is 39.0. The average molecular weight is 387 g/mol. The van der Waals surface area contributed by atoms with E-state index in [4.69, 9.17) is 9.47 Å². The van der Waals surface area contributed by atoms with E-state index >= 15 is 0 Å². The van der Waals surface area contributed by atoms with Crippen molar-refractivity contribution in [2.24, 2.45) is 0 Å². The molecule has 0 aromatic heterocycles. The first-order valence-corrected chi connectivity index (χ1v) is 9.29. The Balaban J connectivity index is 1.73. The number of cyclic esters (lactones) is 1. The van der Waals surface area contributed by atoms with Gasteiger partial charge in [0, 0.05) is 43.8 Å². The molecule has 3 rings (SSSR count). The molecule has 1 atom stereocenters. The van der Waals surface area contributed by atoms with Crippen molar-refractivity contribution in [1.29, 1.82) is 0 Å². The highest BCUT2D eigenvalue weighted by Crippen LogP contribution is 2.32. The zero-order valence-corrected chi connectivity index (χ0v) is 15.0. The monoisotopic (exact) mass is 387 g/mol. The Kier molecular flexibility index (Phi) is 5.70. The van der Waals surface area contributed by atoms with Gasteiger partial charge in [-0.15, -0.1) is 0 Å². The summed E-state index contributed by atoms with van der Waals surface area (Å²) >= 11 is 1.74. The van der Waals surface area contributed by atoms with Gasteiger partial charge in [0.25, 0.3) is 0 Å². The van der Waals surface area contributed by atoms with Crippen LogP contribution < -0.4 is 15.1 Å². The number of hydrogen-bond donors (Lipinski definition) is 1. The van der Waals surface area contributed by atoms with Crippen molar-refractivity contribution in [3.63, 3.8) is 0 Å². The standard InChI is InChI=1S/C16H19F2N3O4S/c1-19-15(22)24-9-11-8-21(16(23)25-11)10-6-12(17)14(13(18)7-10)20-2-4-26-5-3-20/h6-7,11H,2-5,8-9H2,1H3,(H,19,22)/t11-/m1/s1. The summed E-state index contributed by atoms with van der Waals surface area (Å²) in [6, 6.07) is 2.26. The average Bonchev–Trinajstić information content (AvgIpc) is 3.00. The molecule has 142 valence electrons. The molecule has 2 amide bonds. The third-order valence-electron chi connectivity index (χ3n) is 4.12. The van der Waals surface area contributed by atoms with Gasteiger partial charge in [0.15, 0.2) is 17.7 Å². The van der Waals surface area contributed by atoms with Gasteiger partial charge >= 0.3 is 12.2 Å². The van der Waals surface area contributed by atoms with E-state index in [0.29, 0.717) is 13.1 Å². The zero-order valence-electron chi connectivity index (χ0n) is 14.2. The largest absolute Gasteiger partial charge is 0.446 e. The molecule has 10 heteroatoms. The van der Waals surface area contributed by atoms with Crippen LogP contribution in [0.25, 0.3) is 0 Å². The van der Waals surface area contributed by atoms with Gasteiger partial charge in [-0.05, 0) is 0 Å². The Bertz CT molecular complexity index is 677. The second-order valence-electron chi connectivity index (χ2n) is 5.82. The molecule has 0 unspecified atom stereocenters. The number of halogens is 2. The topological polar surface area (TPSA) is 71.1 Å². The zero-order chi connectivity index (χ0) is 18.7. The molecule has 1 aromatic rings. The van der Waals surface area contributed by atoms with Crippen molar-refractivity contribution in [2.45, 2.75) is 6.10 Å². The molecule has 2 heterocycles. The van der Waals surface area contributed by atoms with Gasteiger partial charge in [0.05, 0.1) is 12.2 Å². The Labute approximate surface area is 153 Å². The van der Waals surface area contributed by atoms with Crippen LogP contribution in [0.15, 0.2) is 12.1 Å². The summed E-state index contributed by atoms with van der Waals surface area (Å²) in [6.07, 6.45) is -2.10. The van der Waals surface area contributed by atoms with Crippen LogP contribution in [0.1, 0.15) is 0 Å². The number of anilines is 2. The summed E-state index contributed by atoms with van der Waals surface area (Å²) in [4.78, 5) is 25.9. The quantitative estimate of drug-likeness (QED) is 0.854. The van der Waals surface area contributed by atoms with Gasteiger partial charge in [-0.25, -0.2) is 18.4 Å². The van der Waals surface area contributed by atoms with E-state index in [1.54, 1.807) is 16.7 Å². The minimum absolute atomic E-state index is 0.0361. The van der Waals surface area contributed by atoms with Gasteiger partial charge in [0.1, 0.15) is 12.3 Å². The van der Waals surface area contributed by atoms with Crippen molar-refractivity contribution in [2.75, 3.05) is 54.6 Å². The van der Waals surface area contributed by atoms with Crippen molar-refractivity contribution in [3.05, 3.63) is 23.8 Å². The second-order valence-corrected chi connectivity index (χ2v) is 7.05. The molecule has 2 aliphatic rings. The highest BCUT2D eigenvalue weighted by Gasteiger charge is 2.34. The number of nitrogens with one attached hydrogen (secondary N) is 1. The first-order valence-electron chi connectivity index (χ1n) is 8.14. The van der Waals surface area contributed by atoms with E-state index in [2.05, 4.69) is 5.32 Å². The molecule has 0 saturated carbocycles. The number of benzene rings is 1. The lowest BCUT2D eigenvalue weighted by Gasteiger charge is -2.29. The van der Waals surface area contributed by atoms with E-state index in [-0.39, 0.29) is 24.5 Å². The van der Waals surface area contributed by atoms with Gasteiger partial charge in [-0.1, -0.05) is 0 Å². The lowest BCUT2D eigenvalue weighted by Crippen LogP contribution is -2.34. The first-order chi connectivity index (χ1) is 12.5. The van der Waals surface area contributed by atoms with Crippen LogP contribution in [-0.2, 0) is 9.47 Å². The molecule has 0 radical (unpaired) electrons. The van der Waals surface area contributed by atoms with Crippen LogP contribution in [0.2, 0.25) is 0 Å². The fraction of sp³-hybridized carbons (Fsp3) is 0.500. The Morgan fingerprint density at radius 2 is 2.00 bits per heavy atom. The van der Waals surface area contributed by atoms with Crippen LogP contribution in [0.4, 0.5) is 29.7 Å². The van der Waals surface area contributed by atoms with Crippen molar-refractivity contribution >= 4 is 35.3 Å². The summed E-state index contributed by atoms with van der Waals surface area (Å²) in [5.41, 5.74) is 0.00342. The second kappa shape index (κ2) is 7.98. The highest BCUT2D eigenvalue weighted by molar-refractivity contribution is 7.99. The maximum atomic E-state index is 14.5. The maximum Gasteiger partial charge on any atom is 0.414 e. The number of nitrogens with zero attached hydrogens (tertiary/aromatic N) is 2. The summed E-state index contributed by atoms with van der Waals surface area (Å²) in [6.45, 7) is 1.04.